The third kappa shape index (κ3) is 4.04. The first-order valence-corrected chi connectivity index (χ1v) is 9.73. The molecule has 158 valence electrons. The summed E-state index contributed by atoms with van der Waals surface area (Å²) in [5.74, 6) is 1.13. The normalized spacial score (nSPS) is 19.2. The van der Waals surface area contributed by atoms with Gasteiger partial charge in [0.15, 0.2) is 11.6 Å². The maximum atomic E-state index is 13.4. The number of anilines is 2. The Morgan fingerprint density at radius 2 is 2.20 bits per heavy atom. The van der Waals surface area contributed by atoms with Crippen molar-refractivity contribution in [3.05, 3.63) is 30.7 Å². The Balaban J connectivity index is 1.76. The summed E-state index contributed by atoms with van der Waals surface area (Å²) in [6.07, 6.45) is 4.69. The molecule has 1 aliphatic rings. The fraction of sp³-hybridized carbons (Fsp3) is 0.400. The molecular formula is C20H24FN7O2. The van der Waals surface area contributed by atoms with Crippen LogP contribution in [0.4, 0.5) is 16.2 Å². The Labute approximate surface area is 173 Å². The monoisotopic (exact) mass is 413 g/mol. The fourth-order valence-electron chi connectivity index (χ4n) is 3.30. The molecule has 4 rings (SSSR count). The number of nitrogens with two attached hydrogens (primary N) is 1. The van der Waals surface area contributed by atoms with E-state index < -0.39 is 12.3 Å². The first kappa shape index (κ1) is 20.0. The van der Waals surface area contributed by atoms with Gasteiger partial charge in [-0.15, -0.1) is 0 Å². The smallest absolute Gasteiger partial charge is 0.223 e. The maximum absolute atomic E-state index is 13.4. The SMILES string of the molecule is COc1cc(-c2nn([C@H]3C[C@@H](F)C3)cc2-c2ccnc(NC[C@H](C)O)n2)cnc1N. The summed E-state index contributed by atoms with van der Waals surface area (Å²) >= 11 is 0. The van der Waals surface area contributed by atoms with Gasteiger partial charge in [0.25, 0.3) is 0 Å². The molecule has 0 radical (unpaired) electrons. The van der Waals surface area contributed by atoms with Crippen molar-refractivity contribution in [1.29, 1.82) is 0 Å². The number of pyridine rings is 1. The summed E-state index contributed by atoms with van der Waals surface area (Å²) in [6.45, 7) is 2.01. The molecule has 30 heavy (non-hydrogen) atoms. The Kier molecular flexibility index (Phi) is 5.49. The maximum Gasteiger partial charge on any atom is 0.223 e. The van der Waals surface area contributed by atoms with Gasteiger partial charge in [0, 0.05) is 49.1 Å². The van der Waals surface area contributed by atoms with E-state index in [-0.39, 0.29) is 11.9 Å². The zero-order valence-corrected chi connectivity index (χ0v) is 16.8. The van der Waals surface area contributed by atoms with Crippen LogP contribution in [0.2, 0.25) is 0 Å². The van der Waals surface area contributed by atoms with E-state index in [2.05, 4.69) is 20.3 Å². The van der Waals surface area contributed by atoms with Crippen LogP contribution in [-0.4, -0.2) is 55.8 Å². The van der Waals surface area contributed by atoms with Crippen LogP contribution in [-0.2, 0) is 0 Å². The molecule has 0 aromatic carbocycles. The van der Waals surface area contributed by atoms with Crippen molar-refractivity contribution in [2.75, 3.05) is 24.7 Å². The number of halogens is 1. The van der Waals surface area contributed by atoms with Crippen molar-refractivity contribution in [3.63, 3.8) is 0 Å². The minimum atomic E-state index is -0.792. The first-order chi connectivity index (χ1) is 14.4. The number of hydrogen-bond acceptors (Lipinski definition) is 8. The molecule has 9 nitrogen and oxygen atoms in total. The zero-order valence-electron chi connectivity index (χ0n) is 16.8. The molecule has 0 amide bonds. The van der Waals surface area contributed by atoms with Crippen LogP contribution < -0.4 is 15.8 Å². The lowest BCUT2D eigenvalue weighted by molar-refractivity contribution is 0.128. The van der Waals surface area contributed by atoms with Gasteiger partial charge < -0.3 is 20.9 Å². The van der Waals surface area contributed by atoms with Crippen LogP contribution in [0.5, 0.6) is 5.75 Å². The summed E-state index contributed by atoms with van der Waals surface area (Å²) < 4.78 is 20.5. The van der Waals surface area contributed by atoms with E-state index in [1.54, 1.807) is 36.1 Å². The molecule has 0 unspecified atom stereocenters. The standard InChI is InChI=1S/C20H24FN7O2/c1-11(29)8-25-20-23-4-3-16(26-20)15-10-28(14-6-13(21)7-14)27-18(15)12-5-17(30-2)19(22)24-9-12/h3-5,9-11,13-14,29H,6-8H2,1-2H3,(H2,22,24)(H,23,25,26)/t11-,13-,14+/m0/s1. The molecule has 10 heteroatoms. The second-order valence-electron chi connectivity index (χ2n) is 7.40. The van der Waals surface area contributed by atoms with E-state index in [4.69, 9.17) is 15.6 Å². The predicted octanol–water partition coefficient (Wildman–Crippen LogP) is 2.46. The second kappa shape index (κ2) is 8.23. The minimum absolute atomic E-state index is 0.00538. The van der Waals surface area contributed by atoms with Crippen LogP contribution in [0, 0.1) is 0 Å². The largest absolute Gasteiger partial charge is 0.493 e. The van der Waals surface area contributed by atoms with Gasteiger partial charge in [-0.1, -0.05) is 0 Å². The van der Waals surface area contributed by atoms with Crippen LogP contribution in [0.15, 0.2) is 30.7 Å². The van der Waals surface area contributed by atoms with E-state index >= 15 is 0 Å². The summed E-state index contributed by atoms with van der Waals surface area (Å²) in [5, 5.41) is 17.2. The number of nitrogens with zero attached hydrogens (tertiary/aromatic N) is 5. The third-order valence-electron chi connectivity index (χ3n) is 5.02. The highest BCUT2D eigenvalue weighted by Gasteiger charge is 2.32. The second-order valence-corrected chi connectivity index (χ2v) is 7.40. The highest BCUT2D eigenvalue weighted by Crippen LogP contribution is 2.38. The molecule has 0 spiro atoms. The Bertz CT molecular complexity index is 1030. The topological polar surface area (TPSA) is 124 Å². The molecule has 4 N–H and O–H groups in total. The molecule has 3 aromatic rings. The third-order valence-corrected chi connectivity index (χ3v) is 5.02. The van der Waals surface area contributed by atoms with Crippen molar-refractivity contribution in [1.82, 2.24) is 24.7 Å². The number of aliphatic hydroxyl groups is 1. The minimum Gasteiger partial charge on any atom is -0.493 e. The van der Waals surface area contributed by atoms with Gasteiger partial charge >= 0.3 is 0 Å². The lowest BCUT2D eigenvalue weighted by atomic mass is 9.91. The van der Waals surface area contributed by atoms with E-state index in [0.717, 1.165) is 5.56 Å². The van der Waals surface area contributed by atoms with Gasteiger partial charge in [-0.25, -0.2) is 19.3 Å². The molecule has 1 atom stereocenters. The Morgan fingerprint density at radius 1 is 1.40 bits per heavy atom. The molecule has 1 aliphatic carbocycles. The Hall–Kier alpha value is -3.27. The lowest BCUT2D eigenvalue weighted by Gasteiger charge is -2.29. The molecule has 1 fully saturated rings. The highest BCUT2D eigenvalue weighted by atomic mass is 19.1. The van der Waals surface area contributed by atoms with Gasteiger partial charge in [0.05, 0.1) is 24.9 Å². The average molecular weight is 413 g/mol. The number of rotatable bonds is 7. The lowest BCUT2D eigenvalue weighted by Crippen LogP contribution is -2.28. The quantitative estimate of drug-likeness (QED) is 0.540. The van der Waals surface area contributed by atoms with Gasteiger partial charge in [-0.2, -0.15) is 5.10 Å². The molecule has 0 bridgehead atoms. The Morgan fingerprint density at radius 3 is 2.90 bits per heavy atom. The highest BCUT2D eigenvalue weighted by molar-refractivity contribution is 5.79. The summed E-state index contributed by atoms with van der Waals surface area (Å²) in [7, 11) is 1.52. The van der Waals surface area contributed by atoms with Crippen molar-refractivity contribution in [2.24, 2.45) is 0 Å². The van der Waals surface area contributed by atoms with E-state index in [1.165, 1.54) is 7.11 Å². The number of alkyl halides is 1. The van der Waals surface area contributed by atoms with Gasteiger partial charge in [-0.05, 0) is 19.1 Å². The van der Waals surface area contributed by atoms with E-state index in [0.29, 0.717) is 48.0 Å². The van der Waals surface area contributed by atoms with E-state index in [9.17, 15) is 9.50 Å². The molecule has 0 aliphatic heterocycles. The van der Waals surface area contributed by atoms with Crippen LogP contribution >= 0.6 is 0 Å². The molecule has 3 aromatic heterocycles. The van der Waals surface area contributed by atoms with Crippen molar-refractivity contribution in [3.8, 4) is 28.3 Å². The number of nitrogen functional groups attached to an aromatic ring is 1. The zero-order chi connectivity index (χ0) is 21.3. The molecule has 0 saturated heterocycles. The number of nitrogens with one attached hydrogen (secondary N) is 1. The van der Waals surface area contributed by atoms with Crippen molar-refractivity contribution >= 4 is 11.8 Å². The van der Waals surface area contributed by atoms with Gasteiger partial charge in [-0.3, -0.25) is 4.68 Å². The van der Waals surface area contributed by atoms with Crippen molar-refractivity contribution in [2.45, 2.75) is 38.1 Å². The number of hydrogen-bond donors (Lipinski definition) is 3. The molecule has 3 heterocycles. The number of ether oxygens (including phenoxy) is 1. The molecular weight excluding hydrogens is 389 g/mol. The number of aliphatic hydroxyl groups excluding tert-OH is 1. The van der Waals surface area contributed by atoms with Crippen LogP contribution in [0.1, 0.15) is 25.8 Å². The van der Waals surface area contributed by atoms with Gasteiger partial charge in [0.1, 0.15) is 11.9 Å². The predicted molar refractivity (Wildman–Crippen MR) is 111 cm³/mol. The first-order valence-electron chi connectivity index (χ1n) is 9.73. The van der Waals surface area contributed by atoms with Gasteiger partial charge in [0.2, 0.25) is 5.95 Å². The summed E-state index contributed by atoms with van der Waals surface area (Å²) in [5.41, 5.74) is 8.61. The fourth-order valence-corrected chi connectivity index (χ4v) is 3.30. The number of methoxy groups -OCH3 is 1. The van der Waals surface area contributed by atoms with Crippen LogP contribution in [0.25, 0.3) is 22.5 Å². The van der Waals surface area contributed by atoms with Crippen LogP contribution in [0.3, 0.4) is 0 Å². The van der Waals surface area contributed by atoms with E-state index in [1.807, 2.05) is 6.20 Å². The average Bonchev–Trinajstić information content (AvgIpc) is 3.15. The van der Waals surface area contributed by atoms with Crippen molar-refractivity contribution < 1.29 is 14.2 Å². The summed E-state index contributed by atoms with van der Waals surface area (Å²) in [4.78, 5) is 13.0. The number of aromatic nitrogens is 5. The molecule has 1 saturated carbocycles. The summed E-state index contributed by atoms with van der Waals surface area (Å²) in [6, 6.07) is 3.55.